The first-order valence-corrected chi connectivity index (χ1v) is 7.28. The van der Waals surface area contributed by atoms with Crippen molar-refractivity contribution in [2.24, 2.45) is 10.8 Å². The van der Waals surface area contributed by atoms with Gasteiger partial charge in [-0.1, -0.05) is 23.7 Å². The number of rotatable bonds is 2. The van der Waals surface area contributed by atoms with Crippen molar-refractivity contribution in [1.82, 2.24) is 10.3 Å². The van der Waals surface area contributed by atoms with Crippen molar-refractivity contribution < 1.29 is 0 Å². The number of nitrogens with one attached hydrogen (secondary N) is 1. The minimum absolute atomic E-state index is 0.225. The lowest BCUT2D eigenvalue weighted by Gasteiger charge is -2.37. The third kappa shape index (κ3) is 3.55. The molecule has 3 N–H and O–H groups in total. The Morgan fingerprint density at radius 2 is 1.90 bits per heavy atom. The number of guanidine groups is 1. The average molecular weight is 296 g/mol. The molecule has 0 bridgehead atoms. The number of aliphatic imine (C=N–C) groups is 1. The minimum atomic E-state index is 0.225. The molecule has 0 spiro atoms. The second-order valence-corrected chi connectivity index (χ2v) is 5.52. The second kappa shape index (κ2) is 6.81. The molecular formula is C14H22ClN5. The lowest BCUT2D eigenvalue weighted by molar-refractivity contribution is 0.371. The molecule has 1 aliphatic rings. The van der Waals surface area contributed by atoms with Gasteiger partial charge in [-0.2, -0.15) is 0 Å². The summed E-state index contributed by atoms with van der Waals surface area (Å²) < 4.78 is 0. The van der Waals surface area contributed by atoms with Gasteiger partial charge in [-0.3, -0.25) is 5.43 Å². The van der Waals surface area contributed by atoms with Crippen LogP contribution < -0.4 is 16.2 Å². The van der Waals surface area contributed by atoms with Gasteiger partial charge in [0.1, 0.15) is 0 Å². The Labute approximate surface area is 125 Å². The van der Waals surface area contributed by atoms with Gasteiger partial charge in [0.15, 0.2) is 0 Å². The Hall–Kier alpha value is -1.46. The molecule has 0 atom stereocenters. The zero-order chi connectivity index (χ0) is 14.5. The van der Waals surface area contributed by atoms with E-state index >= 15 is 0 Å². The molecule has 0 aliphatic carbocycles. The highest BCUT2D eigenvalue weighted by molar-refractivity contribution is 6.33. The van der Waals surface area contributed by atoms with Gasteiger partial charge in [-0.25, -0.2) is 10.8 Å². The standard InChI is InChI=1S/C14H22ClN5/c1-11(2)17-14(18-16)20-9-7-19(8-10-20)13-6-4-3-5-12(13)15/h3-6,11H,7-10,16H2,1-2H3,(H,17,18). The molecule has 1 aromatic carbocycles. The molecule has 0 unspecified atom stereocenters. The maximum absolute atomic E-state index is 6.24. The van der Waals surface area contributed by atoms with E-state index in [0.717, 1.165) is 42.8 Å². The number of piperazine rings is 1. The Morgan fingerprint density at radius 1 is 1.25 bits per heavy atom. The lowest BCUT2D eigenvalue weighted by atomic mass is 10.2. The van der Waals surface area contributed by atoms with Gasteiger partial charge >= 0.3 is 0 Å². The van der Waals surface area contributed by atoms with Crippen LogP contribution in [0.4, 0.5) is 5.69 Å². The van der Waals surface area contributed by atoms with Crippen molar-refractivity contribution in [3.05, 3.63) is 29.3 Å². The quantitative estimate of drug-likeness (QED) is 0.377. The van der Waals surface area contributed by atoms with Crippen LogP contribution in [0, 0.1) is 0 Å². The van der Waals surface area contributed by atoms with Crippen LogP contribution in [0.2, 0.25) is 5.02 Å². The van der Waals surface area contributed by atoms with E-state index in [1.54, 1.807) is 0 Å². The summed E-state index contributed by atoms with van der Waals surface area (Å²) in [4.78, 5) is 8.96. The van der Waals surface area contributed by atoms with Crippen LogP contribution in [0.3, 0.4) is 0 Å². The molecule has 0 amide bonds. The van der Waals surface area contributed by atoms with Crippen molar-refractivity contribution in [3.8, 4) is 0 Å². The summed E-state index contributed by atoms with van der Waals surface area (Å²) in [6.45, 7) is 7.64. The zero-order valence-electron chi connectivity index (χ0n) is 12.0. The van der Waals surface area contributed by atoms with E-state index in [1.165, 1.54) is 0 Å². The molecule has 0 saturated carbocycles. The Kier molecular flexibility index (Phi) is 5.09. The molecule has 2 rings (SSSR count). The van der Waals surface area contributed by atoms with Crippen molar-refractivity contribution in [3.63, 3.8) is 0 Å². The number of hydrogen-bond donors (Lipinski definition) is 2. The van der Waals surface area contributed by atoms with Gasteiger partial charge < -0.3 is 9.80 Å². The Bertz CT molecular complexity index is 466. The van der Waals surface area contributed by atoms with Gasteiger partial charge in [-0.15, -0.1) is 0 Å². The number of nitrogens with zero attached hydrogens (tertiary/aromatic N) is 3. The van der Waals surface area contributed by atoms with E-state index in [9.17, 15) is 0 Å². The number of hydrazine groups is 1. The number of para-hydroxylation sites is 1. The number of halogens is 1. The van der Waals surface area contributed by atoms with Crippen LogP contribution >= 0.6 is 11.6 Å². The van der Waals surface area contributed by atoms with Gasteiger partial charge in [0.25, 0.3) is 0 Å². The van der Waals surface area contributed by atoms with Crippen LogP contribution in [-0.4, -0.2) is 43.1 Å². The lowest BCUT2D eigenvalue weighted by Crippen LogP contribution is -2.54. The molecule has 1 aromatic rings. The average Bonchev–Trinajstić information content (AvgIpc) is 2.45. The topological polar surface area (TPSA) is 56.9 Å². The molecule has 0 radical (unpaired) electrons. The maximum Gasteiger partial charge on any atom is 0.208 e. The molecule has 6 heteroatoms. The molecule has 1 heterocycles. The maximum atomic E-state index is 6.24. The third-order valence-electron chi connectivity index (χ3n) is 3.28. The van der Waals surface area contributed by atoms with Crippen LogP contribution in [-0.2, 0) is 0 Å². The smallest absolute Gasteiger partial charge is 0.208 e. The largest absolute Gasteiger partial charge is 0.367 e. The van der Waals surface area contributed by atoms with Gasteiger partial charge in [-0.05, 0) is 26.0 Å². The molecule has 1 aliphatic heterocycles. The summed E-state index contributed by atoms with van der Waals surface area (Å²) in [5.74, 6) is 6.33. The molecule has 5 nitrogen and oxygen atoms in total. The molecule has 1 fully saturated rings. The van der Waals surface area contributed by atoms with Crippen molar-refractivity contribution >= 4 is 23.2 Å². The summed E-state index contributed by atoms with van der Waals surface area (Å²) >= 11 is 6.24. The first-order chi connectivity index (χ1) is 9.61. The summed E-state index contributed by atoms with van der Waals surface area (Å²) in [5.41, 5.74) is 3.79. The Morgan fingerprint density at radius 3 is 2.45 bits per heavy atom. The molecule has 20 heavy (non-hydrogen) atoms. The fraction of sp³-hybridized carbons (Fsp3) is 0.500. The van der Waals surface area contributed by atoms with Crippen molar-refractivity contribution in [2.75, 3.05) is 31.1 Å². The minimum Gasteiger partial charge on any atom is -0.367 e. The highest BCUT2D eigenvalue weighted by Crippen LogP contribution is 2.25. The van der Waals surface area contributed by atoms with Gasteiger partial charge in [0.2, 0.25) is 5.96 Å². The van der Waals surface area contributed by atoms with E-state index in [1.807, 2.05) is 32.0 Å². The molecule has 1 saturated heterocycles. The van der Waals surface area contributed by atoms with Crippen LogP contribution in [0.1, 0.15) is 13.8 Å². The van der Waals surface area contributed by atoms with Crippen LogP contribution in [0.15, 0.2) is 29.3 Å². The monoisotopic (exact) mass is 295 g/mol. The third-order valence-corrected chi connectivity index (χ3v) is 3.60. The fourth-order valence-electron chi connectivity index (χ4n) is 2.32. The zero-order valence-corrected chi connectivity index (χ0v) is 12.8. The van der Waals surface area contributed by atoms with Gasteiger partial charge in [0, 0.05) is 32.2 Å². The van der Waals surface area contributed by atoms with Crippen LogP contribution in [0.25, 0.3) is 0 Å². The molecule has 0 aromatic heterocycles. The molecule has 110 valence electrons. The van der Waals surface area contributed by atoms with E-state index < -0.39 is 0 Å². The predicted octanol–water partition coefficient (Wildman–Crippen LogP) is 1.69. The number of hydrogen-bond acceptors (Lipinski definition) is 3. The van der Waals surface area contributed by atoms with Crippen LogP contribution in [0.5, 0.6) is 0 Å². The molecular weight excluding hydrogens is 274 g/mol. The summed E-state index contributed by atoms with van der Waals surface area (Å²) in [6.07, 6.45) is 0. The first-order valence-electron chi connectivity index (χ1n) is 6.90. The highest BCUT2D eigenvalue weighted by Gasteiger charge is 2.20. The number of anilines is 1. The normalized spacial score (nSPS) is 16.8. The Balaban J connectivity index is 2.01. The number of nitrogens with two attached hydrogens (primary N) is 1. The van der Waals surface area contributed by atoms with E-state index in [0.29, 0.717) is 0 Å². The predicted molar refractivity (Wildman–Crippen MR) is 85.1 cm³/mol. The SMILES string of the molecule is CC(C)N=C(NN)N1CCN(c2ccccc2Cl)CC1. The summed E-state index contributed by atoms with van der Waals surface area (Å²) in [5, 5.41) is 0.800. The van der Waals surface area contributed by atoms with Crippen molar-refractivity contribution in [2.45, 2.75) is 19.9 Å². The fourth-order valence-corrected chi connectivity index (χ4v) is 2.58. The van der Waals surface area contributed by atoms with Gasteiger partial charge in [0.05, 0.1) is 10.7 Å². The summed E-state index contributed by atoms with van der Waals surface area (Å²) in [6, 6.07) is 8.18. The van der Waals surface area contributed by atoms with Crippen molar-refractivity contribution in [1.29, 1.82) is 0 Å². The van der Waals surface area contributed by atoms with E-state index in [4.69, 9.17) is 17.4 Å². The van der Waals surface area contributed by atoms with E-state index in [-0.39, 0.29) is 6.04 Å². The summed E-state index contributed by atoms with van der Waals surface area (Å²) in [7, 11) is 0. The first kappa shape index (κ1) is 14.9. The highest BCUT2D eigenvalue weighted by atomic mass is 35.5. The van der Waals surface area contributed by atoms with E-state index in [2.05, 4.69) is 26.3 Å². The second-order valence-electron chi connectivity index (χ2n) is 5.12. The number of benzene rings is 1.